The van der Waals surface area contributed by atoms with E-state index >= 15 is 0 Å². The summed E-state index contributed by atoms with van der Waals surface area (Å²) >= 11 is 1.50. The smallest absolute Gasteiger partial charge is 0.312 e. The van der Waals surface area contributed by atoms with E-state index in [0.717, 1.165) is 16.9 Å². The Kier molecular flexibility index (Phi) is 6.81. The molecule has 5 nitrogen and oxygen atoms in total. The van der Waals surface area contributed by atoms with E-state index < -0.39 is 6.03 Å². The molecule has 0 aliphatic carbocycles. The lowest BCUT2D eigenvalue weighted by Gasteiger charge is -2.25. The van der Waals surface area contributed by atoms with Crippen LogP contribution in [0.15, 0.2) is 47.8 Å². The Bertz CT molecular complexity index is 644. The first-order valence-electron chi connectivity index (χ1n) is 8.01. The van der Waals surface area contributed by atoms with Gasteiger partial charge in [0.2, 0.25) is 5.91 Å². The van der Waals surface area contributed by atoms with Gasteiger partial charge in [-0.1, -0.05) is 43.3 Å². The van der Waals surface area contributed by atoms with Crippen molar-refractivity contribution >= 4 is 23.3 Å². The summed E-state index contributed by atoms with van der Waals surface area (Å²) in [5.41, 5.74) is 6.36. The number of nitrogens with zero attached hydrogens (tertiary/aromatic N) is 1. The Morgan fingerprint density at radius 3 is 2.54 bits per heavy atom. The minimum Gasteiger partial charge on any atom is -0.352 e. The Balaban J connectivity index is 2.08. The molecule has 3 amide bonds. The first kappa shape index (κ1) is 18.0. The van der Waals surface area contributed by atoms with Crippen molar-refractivity contribution in [2.45, 2.75) is 32.4 Å². The van der Waals surface area contributed by atoms with E-state index in [1.54, 1.807) is 0 Å². The molecule has 0 saturated heterocycles. The Hall–Kier alpha value is -2.34. The molecular formula is C18H23N3O2S. The van der Waals surface area contributed by atoms with E-state index in [1.807, 2.05) is 59.7 Å². The fourth-order valence-electron chi connectivity index (χ4n) is 2.55. The molecule has 1 heterocycles. The van der Waals surface area contributed by atoms with Crippen LogP contribution in [-0.2, 0) is 11.3 Å². The third kappa shape index (κ3) is 5.38. The van der Waals surface area contributed by atoms with Crippen LogP contribution in [-0.4, -0.2) is 23.4 Å². The van der Waals surface area contributed by atoms with Gasteiger partial charge in [-0.25, -0.2) is 4.79 Å². The zero-order chi connectivity index (χ0) is 17.4. The molecule has 0 saturated carbocycles. The van der Waals surface area contributed by atoms with Crippen molar-refractivity contribution in [3.05, 3.63) is 58.3 Å². The molecule has 0 radical (unpaired) electrons. The minimum absolute atomic E-state index is 0.00727. The van der Waals surface area contributed by atoms with Crippen molar-refractivity contribution in [1.29, 1.82) is 0 Å². The molecule has 0 aliphatic rings. The van der Waals surface area contributed by atoms with Gasteiger partial charge in [-0.3, -0.25) is 4.79 Å². The third-order valence-electron chi connectivity index (χ3n) is 3.64. The number of carbonyl (C=O) groups excluding carboxylic acids is 2. The predicted octanol–water partition coefficient (Wildman–Crippen LogP) is 3.29. The number of urea groups is 1. The molecule has 6 heteroatoms. The fraction of sp³-hybridized carbons (Fsp3) is 0.333. The van der Waals surface area contributed by atoms with Gasteiger partial charge in [-0.05, 0) is 23.4 Å². The molecule has 0 fully saturated rings. The lowest BCUT2D eigenvalue weighted by molar-refractivity contribution is -0.132. The first-order valence-corrected chi connectivity index (χ1v) is 8.89. The molecule has 1 unspecified atom stereocenters. The van der Waals surface area contributed by atoms with Crippen molar-refractivity contribution in [3.63, 3.8) is 0 Å². The summed E-state index contributed by atoms with van der Waals surface area (Å²) in [7, 11) is 0. The van der Waals surface area contributed by atoms with Crippen LogP contribution in [0.25, 0.3) is 0 Å². The van der Waals surface area contributed by atoms with Crippen LogP contribution < -0.4 is 11.1 Å². The van der Waals surface area contributed by atoms with Crippen LogP contribution in [0.2, 0.25) is 0 Å². The molecule has 2 rings (SSSR count). The molecule has 128 valence electrons. The van der Waals surface area contributed by atoms with E-state index in [0.29, 0.717) is 13.1 Å². The lowest BCUT2D eigenvalue weighted by atomic mass is 10.1. The SMILES string of the molecule is CCCN(Cc1ccccc1)C(=O)CC(NC(N)=O)c1cccs1. The van der Waals surface area contributed by atoms with Crippen molar-refractivity contribution in [2.24, 2.45) is 5.73 Å². The second-order valence-corrected chi connectivity index (χ2v) is 6.56. The first-order chi connectivity index (χ1) is 11.6. The number of hydrogen-bond donors (Lipinski definition) is 2. The van der Waals surface area contributed by atoms with Crippen LogP contribution >= 0.6 is 11.3 Å². The Labute approximate surface area is 146 Å². The summed E-state index contributed by atoms with van der Waals surface area (Å²) in [6.45, 7) is 3.30. The largest absolute Gasteiger partial charge is 0.352 e. The van der Waals surface area contributed by atoms with Crippen LogP contribution in [0.5, 0.6) is 0 Å². The molecule has 0 bridgehead atoms. The number of thiophene rings is 1. The molecular weight excluding hydrogens is 322 g/mol. The van der Waals surface area contributed by atoms with E-state index in [9.17, 15) is 9.59 Å². The maximum atomic E-state index is 12.8. The van der Waals surface area contributed by atoms with Gasteiger partial charge in [0.15, 0.2) is 0 Å². The van der Waals surface area contributed by atoms with Crippen LogP contribution in [0.1, 0.15) is 36.2 Å². The molecule has 24 heavy (non-hydrogen) atoms. The van der Waals surface area contributed by atoms with E-state index in [4.69, 9.17) is 5.73 Å². The highest BCUT2D eigenvalue weighted by atomic mass is 32.1. The summed E-state index contributed by atoms with van der Waals surface area (Å²) < 4.78 is 0. The zero-order valence-electron chi connectivity index (χ0n) is 13.8. The minimum atomic E-state index is -0.619. The number of nitrogens with two attached hydrogens (primary N) is 1. The average Bonchev–Trinajstić information content (AvgIpc) is 3.09. The van der Waals surface area contributed by atoms with Crippen LogP contribution in [0.3, 0.4) is 0 Å². The summed E-state index contributed by atoms with van der Waals surface area (Å²) in [5.74, 6) is 0.00727. The predicted molar refractivity (Wildman–Crippen MR) is 96.5 cm³/mol. The number of carbonyl (C=O) groups is 2. The van der Waals surface area contributed by atoms with Gasteiger partial charge >= 0.3 is 6.03 Å². The van der Waals surface area contributed by atoms with Gasteiger partial charge in [-0.2, -0.15) is 0 Å². The molecule has 2 aromatic rings. The quantitative estimate of drug-likeness (QED) is 0.770. The van der Waals surface area contributed by atoms with E-state index in [1.165, 1.54) is 11.3 Å². The second kappa shape index (κ2) is 9.08. The summed E-state index contributed by atoms with van der Waals surface area (Å²) in [6.07, 6.45) is 1.09. The average molecular weight is 345 g/mol. The van der Waals surface area contributed by atoms with Gasteiger partial charge < -0.3 is 16.0 Å². The molecule has 1 aromatic heterocycles. The van der Waals surface area contributed by atoms with Gasteiger partial charge in [0.05, 0.1) is 12.5 Å². The monoisotopic (exact) mass is 345 g/mol. The van der Waals surface area contributed by atoms with Gasteiger partial charge in [0.25, 0.3) is 0 Å². The molecule has 3 N–H and O–H groups in total. The number of rotatable bonds is 8. The van der Waals surface area contributed by atoms with Crippen LogP contribution in [0.4, 0.5) is 4.79 Å². The standard InChI is InChI=1S/C18H23N3O2S/c1-2-10-21(13-14-7-4-3-5-8-14)17(22)12-15(20-18(19)23)16-9-6-11-24-16/h3-9,11,15H,2,10,12-13H2,1H3,(H3,19,20,23). The van der Waals surface area contributed by atoms with Gasteiger partial charge in [0.1, 0.15) is 0 Å². The Morgan fingerprint density at radius 1 is 1.21 bits per heavy atom. The number of primary amides is 1. The van der Waals surface area contributed by atoms with Gasteiger partial charge in [0, 0.05) is 18.0 Å². The summed E-state index contributed by atoms with van der Waals surface area (Å²) in [6, 6.07) is 12.7. The number of hydrogen-bond acceptors (Lipinski definition) is 3. The molecule has 1 atom stereocenters. The van der Waals surface area contributed by atoms with Crippen molar-refractivity contribution in [2.75, 3.05) is 6.54 Å². The van der Waals surface area contributed by atoms with Gasteiger partial charge in [-0.15, -0.1) is 11.3 Å². The summed E-state index contributed by atoms with van der Waals surface area (Å²) in [5, 5.41) is 4.60. The van der Waals surface area contributed by atoms with E-state index in [-0.39, 0.29) is 18.4 Å². The normalized spacial score (nSPS) is 11.7. The number of benzene rings is 1. The fourth-order valence-corrected chi connectivity index (χ4v) is 3.33. The second-order valence-electron chi connectivity index (χ2n) is 5.58. The van der Waals surface area contributed by atoms with Crippen molar-refractivity contribution in [1.82, 2.24) is 10.2 Å². The maximum Gasteiger partial charge on any atom is 0.312 e. The topological polar surface area (TPSA) is 75.4 Å². The van der Waals surface area contributed by atoms with Crippen LogP contribution in [0, 0.1) is 0 Å². The molecule has 0 spiro atoms. The van der Waals surface area contributed by atoms with E-state index in [2.05, 4.69) is 5.32 Å². The molecule has 0 aliphatic heterocycles. The molecule has 1 aromatic carbocycles. The number of nitrogens with one attached hydrogen (secondary N) is 1. The highest BCUT2D eigenvalue weighted by Gasteiger charge is 2.22. The third-order valence-corrected chi connectivity index (χ3v) is 4.63. The Morgan fingerprint density at radius 2 is 1.96 bits per heavy atom. The van der Waals surface area contributed by atoms with Crippen molar-refractivity contribution in [3.8, 4) is 0 Å². The van der Waals surface area contributed by atoms with Crippen molar-refractivity contribution < 1.29 is 9.59 Å². The highest BCUT2D eigenvalue weighted by molar-refractivity contribution is 7.10. The lowest BCUT2D eigenvalue weighted by Crippen LogP contribution is -2.38. The zero-order valence-corrected chi connectivity index (χ0v) is 14.6. The summed E-state index contributed by atoms with van der Waals surface area (Å²) in [4.78, 5) is 26.8. The highest BCUT2D eigenvalue weighted by Crippen LogP contribution is 2.23. The maximum absolute atomic E-state index is 12.8. The number of amides is 3.